The third-order valence-corrected chi connectivity index (χ3v) is 4.42. The summed E-state index contributed by atoms with van der Waals surface area (Å²) in [6.07, 6.45) is 5.62. The van der Waals surface area contributed by atoms with Crippen LogP contribution in [0.2, 0.25) is 0 Å². The SMILES string of the molecule is COC1CCCC(N2CC(C)(C)NCC2C)C1. The van der Waals surface area contributed by atoms with Crippen LogP contribution in [0.1, 0.15) is 46.5 Å². The fourth-order valence-corrected chi connectivity index (χ4v) is 3.33. The second kappa shape index (κ2) is 5.25. The number of ether oxygens (including phenoxy) is 1. The Bertz CT molecular complexity index is 255. The van der Waals surface area contributed by atoms with Crippen molar-refractivity contribution < 1.29 is 4.74 Å². The molecule has 0 amide bonds. The molecule has 1 aliphatic heterocycles. The molecule has 3 heteroatoms. The molecular weight excluding hydrogens is 212 g/mol. The summed E-state index contributed by atoms with van der Waals surface area (Å²) < 4.78 is 5.56. The van der Waals surface area contributed by atoms with Crippen LogP contribution in [-0.4, -0.2) is 48.8 Å². The Labute approximate surface area is 106 Å². The summed E-state index contributed by atoms with van der Waals surface area (Å²) in [6.45, 7) is 9.24. The molecule has 3 nitrogen and oxygen atoms in total. The lowest BCUT2D eigenvalue weighted by Crippen LogP contribution is -2.63. The van der Waals surface area contributed by atoms with E-state index in [2.05, 4.69) is 31.0 Å². The Kier molecular flexibility index (Phi) is 4.11. The van der Waals surface area contributed by atoms with E-state index < -0.39 is 0 Å². The molecule has 1 aliphatic carbocycles. The maximum absolute atomic E-state index is 5.56. The van der Waals surface area contributed by atoms with Crippen LogP contribution < -0.4 is 5.32 Å². The molecule has 2 fully saturated rings. The molecule has 0 spiro atoms. The predicted molar refractivity (Wildman–Crippen MR) is 71.3 cm³/mol. The molecule has 1 N–H and O–H groups in total. The van der Waals surface area contributed by atoms with Crippen molar-refractivity contribution in [1.82, 2.24) is 10.2 Å². The average Bonchev–Trinajstić information content (AvgIpc) is 2.32. The van der Waals surface area contributed by atoms with Crippen LogP contribution in [0.4, 0.5) is 0 Å². The van der Waals surface area contributed by atoms with Gasteiger partial charge in [-0.25, -0.2) is 0 Å². The van der Waals surface area contributed by atoms with Crippen molar-refractivity contribution in [3.05, 3.63) is 0 Å². The molecule has 0 aromatic heterocycles. The van der Waals surface area contributed by atoms with Crippen molar-refractivity contribution in [3.63, 3.8) is 0 Å². The van der Waals surface area contributed by atoms with Gasteiger partial charge in [-0.3, -0.25) is 4.90 Å². The van der Waals surface area contributed by atoms with Crippen LogP contribution in [-0.2, 0) is 4.74 Å². The van der Waals surface area contributed by atoms with Crippen molar-refractivity contribution in [2.45, 2.75) is 70.2 Å². The summed E-state index contributed by atoms with van der Waals surface area (Å²) >= 11 is 0. The number of piperazine rings is 1. The number of hydrogen-bond donors (Lipinski definition) is 1. The first-order valence-corrected chi connectivity index (χ1v) is 7.05. The summed E-state index contributed by atoms with van der Waals surface area (Å²) in [5.74, 6) is 0. The van der Waals surface area contributed by atoms with Crippen molar-refractivity contribution in [1.29, 1.82) is 0 Å². The molecule has 3 atom stereocenters. The van der Waals surface area contributed by atoms with Gasteiger partial charge in [0, 0.05) is 37.8 Å². The van der Waals surface area contributed by atoms with Crippen molar-refractivity contribution in [3.8, 4) is 0 Å². The Morgan fingerprint density at radius 1 is 1.29 bits per heavy atom. The normalized spacial score (nSPS) is 39.2. The van der Waals surface area contributed by atoms with Crippen LogP contribution in [0.5, 0.6) is 0 Å². The van der Waals surface area contributed by atoms with Gasteiger partial charge < -0.3 is 10.1 Å². The second-order valence-corrected chi connectivity index (χ2v) is 6.46. The van der Waals surface area contributed by atoms with Crippen LogP contribution in [0.25, 0.3) is 0 Å². The molecule has 3 unspecified atom stereocenters. The molecule has 2 rings (SSSR count). The summed E-state index contributed by atoms with van der Waals surface area (Å²) in [5.41, 5.74) is 0.256. The van der Waals surface area contributed by atoms with E-state index in [-0.39, 0.29) is 5.54 Å². The molecule has 17 heavy (non-hydrogen) atoms. The third-order valence-electron chi connectivity index (χ3n) is 4.42. The molecule has 0 bridgehead atoms. The smallest absolute Gasteiger partial charge is 0.0586 e. The zero-order valence-electron chi connectivity index (χ0n) is 11.8. The highest BCUT2D eigenvalue weighted by molar-refractivity contribution is 4.94. The lowest BCUT2D eigenvalue weighted by atomic mass is 9.88. The summed E-state index contributed by atoms with van der Waals surface area (Å²) in [4.78, 5) is 2.71. The largest absolute Gasteiger partial charge is 0.381 e. The molecule has 0 aromatic carbocycles. The molecule has 1 heterocycles. The minimum atomic E-state index is 0.256. The first-order valence-electron chi connectivity index (χ1n) is 7.05. The Hall–Kier alpha value is -0.120. The zero-order chi connectivity index (χ0) is 12.5. The number of nitrogens with zero attached hydrogens (tertiary/aromatic N) is 1. The van der Waals surface area contributed by atoms with E-state index in [0.29, 0.717) is 12.1 Å². The van der Waals surface area contributed by atoms with Gasteiger partial charge in [0.05, 0.1) is 6.10 Å². The lowest BCUT2D eigenvalue weighted by Gasteiger charge is -2.48. The van der Waals surface area contributed by atoms with Gasteiger partial charge in [-0.05, 0) is 46.5 Å². The van der Waals surface area contributed by atoms with E-state index in [9.17, 15) is 0 Å². The Balaban J connectivity index is 1.99. The van der Waals surface area contributed by atoms with E-state index in [1.54, 1.807) is 0 Å². The molecule has 1 saturated carbocycles. The van der Waals surface area contributed by atoms with E-state index >= 15 is 0 Å². The number of hydrogen-bond acceptors (Lipinski definition) is 3. The standard InChI is InChI=1S/C14H28N2O/c1-11-9-15-14(2,3)10-16(11)12-6-5-7-13(8-12)17-4/h11-13,15H,5-10H2,1-4H3. The maximum atomic E-state index is 5.56. The third kappa shape index (κ3) is 3.21. The molecule has 100 valence electrons. The first-order chi connectivity index (χ1) is 8.02. The van der Waals surface area contributed by atoms with E-state index in [0.717, 1.165) is 19.1 Å². The minimum Gasteiger partial charge on any atom is -0.381 e. The van der Waals surface area contributed by atoms with Gasteiger partial charge in [-0.15, -0.1) is 0 Å². The zero-order valence-corrected chi connectivity index (χ0v) is 11.8. The summed E-state index contributed by atoms with van der Waals surface area (Å²) in [7, 11) is 1.86. The maximum Gasteiger partial charge on any atom is 0.0586 e. The van der Waals surface area contributed by atoms with Crippen molar-refractivity contribution >= 4 is 0 Å². The molecule has 1 saturated heterocycles. The Morgan fingerprint density at radius 3 is 2.76 bits per heavy atom. The van der Waals surface area contributed by atoms with Crippen LogP contribution in [0, 0.1) is 0 Å². The van der Waals surface area contributed by atoms with Gasteiger partial charge in [0.25, 0.3) is 0 Å². The molecule has 0 radical (unpaired) electrons. The molecule has 2 aliphatic rings. The summed E-state index contributed by atoms with van der Waals surface area (Å²) in [5, 5.41) is 3.63. The van der Waals surface area contributed by atoms with E-state index in [1.165, 1.54) is 25.7 Å². The van der Waals surface area contributed by atoms with Gasteiger partial charge in [-0.2, -0.15) is 0 Å². The van der Waals surface area contributed by atoms with Gasteiger partial charge in [0.1, 0.15) is 0 Å². The number of nitrogens with one attached hydrogen (secondary N) is 1. The lowest BCUT2D eigenvalue weighted by molar-refractivity contribution is -0.00605. The predicted octanol–water partition coefficient (Wildman–Crippen LogP) is 2.02. The van der Waals surface area contributed by atoms with Crippen LogP contribution in [0.15, 0.2) is 0 Å². The second-order valence-electron chi connectivity index (χ2n) is 6.46. The first kappa shape index (κ1) is 13.3. The highest BCUT2D eigenvalue weighted by Gasteiger charge is 2.36. The van der Waals surface area contributed by atoms with E-state index in [4.69, 9.17) is 4.74 Å². The van der Waals surface area contributed by atoms with Gasteiger partial charge in [0.15, 0.2) is 0 Å². The quantitative estimate of drug-likeness (QED) is 0.799. The number of methoxy groups -OCH3 is 1. The van der Waals surface area contributed by atoms with Gasteiger partial charge in [-0.1, -0.05) is 0 Å². The fraction of sp³-hybridized carbons (Fsp3) is 1.00. The number of rotatable bonds is 2. The van der Waals surface area contributed by atoms with E-state index in [1.807, 2.05) is 7.11 Å². The molecular formula is C14H28N2O. The monoisotopic (exact) mass is 240 g/mol. The fourth-order valence-electron chi connectivity index (χ4n) is 3.33. The van der Waals surface area contributed by atoms with Gasteiger partial charge >= 0.3 is 0 Å². The van der Waals surface area contributed by atoms with Crippen molar-refractivity contribution in [2.75, 3.05) is 20.2 Å². The van der Waals surface area contributed by atoms with Crippen LogP contribution >= 0.6 is 0 Å². The van der Waals surface area contributed by atoms with Crippen LogP contribution in [0.3, 0.4) is 0 Å². The highest BCUT2D eigenvalue weighted by Crippen LogP contribution is 2.28. The molecule has 0 aromatic rings. The minimum absolute atomic E-state index is 0.256. The van der Waals surface area contributed by atoms with Crippen molar-refractivity contribution in [2.24, 2.45) is 0 Å². The van der Waals surface area contributed by atoms with Gasteiger partial charge in [0.2, 0.25) is 0 Å². The average molecular weight is 240 g/mol. The topological polar surface area (TPSA) is 24.5 Å². The highest BCUT2D eigenvalue weighted by atomic mass is 16.5. The Morgan fingerprint density at radius 2 is 2.06 bits per heavy atom. The summed E-state index contributed by atoms with van der Waals surface area (Å²) in [6, 6.07) is 1.38.